The number of rotatable bonds is 7. The summed E-state index contributed by atoms with van der Waals surface area (Å²) in [5.74, 6) is 0. The van der Waals surface area contributed by atoms with E-state index in [1.165, 1.54) is 38.7 Å². The third-order valence-electron chi connectivity index (χ3n) is 6.53. The Balaban J connectivity index is 1.62. The van der Waals surface area contributed by atoms with Crippen LogP contribution in [0.1, 0.15) is 12.1 Å². The minimum atomic E-state index is 0.296. The maximum atomic E-state index is 9.04. The molecule has 5 aromatic rings. The zero-order valence-electron chi connectivity index (χ0n) is 21.1. The molecule has 0 amide bonds. The quantitative estimate of drug-likeness (QED) is 0.176. The van der Waals surface area contributed by atoms with Gasteiger partial charge in [-0.2, -0.15) is 5.26 Å². The Bertz CT molecular complexity index is 1690. The van der Waals surface area contributed by atoms with Gasteiger partial charge in [-0.05, 0) is 75.3 Å². The standard InChI is InChI=1S/C34H27N3S/c1-38-34-23-26(24-9-3-2-4-10-24)16-17-31(34)29-18-19-30(28-13-6-5-12-27(28)29)33-15-7-14-32(37-33)25(20-22-36)11-8-21-35/h2-7,9-20,22-23H,8,36H2,1H3/b22-20-,25-11+. The van der Waals surface area contributed by atoms with Gasteiger partial charge in [0.25, 0.3) is 0 Å². The number of nitriles is 1. The van der Waals surface area contributed by atoms with E-state index < -0.39 is 0 Å². The minimum Gasteiger partial charge on any atom is -0.405 e. The summed E-state index contributed by atoms with van der Waals surface area (Å²) in [6.07, 6.45) is 7.54. The number of hydrogen-bond acceptors (Lipinski definition) is 4. The molecule has 3 nitrogen and oxygen atoms in total. The Kier molecular flexibility index (Phi) is 7.68. The predicted octanol–water partition coefficient (Wildman–Crippen LogP) is 8.73. The van der Waals surface area contributed by atoms with Gasteiger partial charge in [-0.15, -0.1) is 11.8 Å². The molecule has 0 fully saturated rings. The summed E-state index contributed by atoms with van der Waals surface area (Å²) in [6, 6.07) is 38.2. The van der Waals surface area contributed by atoms with Crippen LogP contribution in [0.15, 0.2) is 126 Å². The summed E-state index contributed by atoms with van der Waals surface area (Å²) >= 11 is 1.77. The van der Waals surface area contributed by atoms with E-state index in [0.717, 1.165) is 27.9 Å². The van der Waals surface area contributed by atoms with Crippen LogP contribution in [0.2, 0.25) is 0 Å². The van der Waals surface area contributed by atoms with Gasteiger partial charge in [0, 0.05) is 10.5 Å². The first-order valence-electron chi connectivity index (χ1n) is 12.4. The van der Waals surface area contributed by atoms with Gasteiger partial charge in [0.05, 0.1) is 23.9 Å². The van der Waals surface area contributed by atoms with E-state index in [4.69, 9.17) is 16.0 Å². The molecule has 0 aliphatic carbocycles. The Hall–Kier alpha value is -4.59. The molecule has 0 saturated carbocycles. The molecule has 5 rings (SSSR count). The van der Waals surface area contributed by atoms with Gasteiger partial charge in [0.15, 0.2) is 0 Å². The zero-order valence-corrected chi connectivity index (χ0v) is 22.0. The molecule has 0 aliphatic rings. The maximum absolute atomic E-state index is 9.04. The minimum absolute atomic E-state index is 0.296. The predicted molar refractivity (Wildman–Crippen MR) is 161 cm³/mol. The van der Waals surface area contributed by atoms with Crippen molar-refractivity contribution in [2.24, 2.45) is 5.73 Å². The number of allylic oxidation sites excluding steroid dienone is 3. The fourth-order valence-electron chi connectivity index (χ4n) is 4.74. The van der Waals surface area contributed by atoms with Crippen molar-refractivity contribution in [3.63, 3.8) is 0 Å². The van der Waals surface area contributed by atoms with Crippen LogP contribution >= 0.6 is 11.8 Å². The van der Waals surface area contributed by atoms with Gasteiger partial charge < -0.3 is 5.73 Å². The Morgan fingerprint density at radius 2 is 1.53 bits per heavy atom. The number of nitrogens with zero attached hydrogens (tertiary/aromatic N) is 2. The highest BCUT2D eigenvalue weighted by Gasteiger charge is 2.14. The molecule has 0 unspecified atom stereocenters. The molecule has 0 radical (unpaired) electrons. The molecule has 1 heterocycles. The van der Waals surface area contributed by atoms with Gasteiger partial charge in [0.1, 0.15) is 0 Å². The fraction of sp³-hybridized carbons (Fsp3) is 0.0588. The van der Waals surface area contributed by atoms with Crippen molar-refractivity contribution in [2.75, 3.05) is 6.26 Å². The van der Waals surface area contributed by atoms with E-state index in [2.05, 4.69) is 91.2 Å². The second-order valence-electron chi connectivity index (χ2n) is 8.78. The molecular formula is C34H27N3S. The van der Waals surface area contributed by atoms with Crippen LogP contribution in [0.3, 0.4) is 0 Å². The first-order valence-corrected chi connectivity index (χ1v) is 13.6. The first kappa shape index (κ1) is 25.1. The molecule has 0 aliphatic heterocycles. The molecule has 1 aromatic heterocycles. The highest BCUT2D eigenvalue weighted by molar-refractivity contribution is 7.98. The number of benzene rings is 4. The first-order chi connectivity index (χ1) is 18.7. The number of hydrogen-bond donors (Lipinski definition) is 1. The molecule has 0 saturated heterocycles. The van der Waals surface area contributed by atoms with Gasteiger partial charge in [-0.25, -0.2) is 4.98 Å². The highest BCUT2D eigenvalue weighted by Crippen LogP contribution is 2.40. The van der Waals surface area contributed by atoms with Crippen molar-refractivity contribution in [1.82, 2.24) is 4.98 Å². The third kappa shape index (κ3) is 5.11. The van der Waals surface area contributed by atoms with Crippen molar-refractivity contribution in [2.45, 2.75) is 11.3 Å². The summed E-state index contributed by atoms with van der Waals surface area (Å²) in [7, 11) is 0. The van der Waals surface area contributed by atoms with Crippen molar-refractivity contribution in [3.8, 4) is 39.6 Å². The third-order valence-corrected chi connectivity index (χ3v) is 7.31. The number of pyridine rings is 1. The van der Waals surface area contributed by atoms with Crippen molar-refractivity contribution < 1.29 is 0 Å². The van der Waals surface area contributed by atoms with Crippen LogP contribution < -0.4 is 5.73 Å². The van der Waals surface area contributed by atoms with E-state index >= 15 is 0 Å². The molecule has 38 heavy (non-hydrogen) atoms. The molecule has 0 spiro atoms. The monoisotopic (exact) mass is 509 g/mol. The maximum Gasteiger partial charge on any atom is 0.0715 e. The lowest BCUT2D eigenvalue weighted by atomic mass is 9.92. The van der Waals surface area contributed by atoms with E-state index in [0.29, 0.717) is 6.42 Å². The summed E-state index contributed by atoms with van der Waals surface area (Å²) in [6.45, 7) is 0. The Labute approximate surface area is 228 Å². The smallest absolute Gasteiger partial charge is 0.0715 e. The largest absolute Gasteiger partial charge is 0.405 e. The second-order valence-corrected chi connectivity index (χ2v) is 9.62. The lowest BCUT2D eigenvalue weighted by Gasteiger charge is -2.15. The lowest BCUT2D eigenvalue weighted by molar-refractivity contribution is 1.27. The molecule has 4 heteroatoms. The summed E-state index contributed by atoms with van der Waals surface area (Å²) < 4.78 is 0. The van der Waals surface area contributed by atoms with Crippen molar-refractivity contribution >= 4 is 28.1 Å². The second kappa shape index (κ2) is 11.6. The fourth-order valence-corrected chi connectivity index (χ4v) is 5.39. The number of fused-ring (bicyclic) bond motifs is 1. The van der Waals surface area contributed by atoms with Crippen LogP contribution in [0.5, 0.6) is 0 Å². The summed E-state index contributed by atoms with van der Waals surface area (Å²) in [5, 5.41) is 11.4. The van der Waals surface area contributed by atoms with Crippen molar-refractivity contribution in [1.29, 1.82) is 5.26 Å². The SMILES string of the molecule is CSc1cc(-c2ccccc2)ccc1-c1ccc(-c2cccc(C(/C=C\N)=C/CC#N)n2)c2ccccc12. The van der Waals surface area contributed by atoms with Crippen LogP contribution in [0, 0.1) is 11.3 Å². The number of thioether (sulfide) groups is 1. The Morgan fingerprint density at radius 3 is 2.26 bits per heavy atom. The Morgan fingerprint density at radius 1 is 0.816 bits per heavy atom. The highest BCUT2D eigenvalue weighted by atomic mass is 32.2. The average Bonchev–Trinajstić information content (AvgIpc) is 2.99. The normalized spacial score (nSPS) is 11.6. The van der Waals surface area contributed by atoms with Gasteiger partial charge in [-0.3, -0.25) is 0 Å². The molecular weight excluding hydrogens is 482 g/mol. The van der Waals surface area contributed by atoms with Crippen LogP contribution in [0.25, 0.3) is 49.9 Å². The van der Waals surface area contributed by atoms with Crippen LogP contribution in [0.4, 0.5) is 0 Å². The zero-order chi connectivity index (χ0) is 26.3. The number of aromatic nitrogens is 1. The van der Waals surface area contributed by atoms with Crippen molar-refractivity contribution in [3.05, 3.63) is 127 Å². The van der Waals surface area contributed by atoms with E-state index in [1.807, 2.05) is 30.3 Å². The van der Waals surface area contributed by atoms with Gasteiger partial charge >= 0.3 is 0 Å². The molecule has 0 atom stereocenters. The van der Waals surface area contributed by atoms with Crippen LogP contribution in [-0.4, -0.2) is 11.2 Å². The lowest BCUT2D eigenvalue weighted by Crippen LogP contribution is -1.94. The average molecular weight is 510 g/mol. The van der Waals surface area contributed by atoms with E-state index in [-0.39, 0.29) is 0 Å². The molecule has 2 N–H and O–H groups in total. The van der Waals surface area contributed by atoms with E-state index in [1.54, 1.807) is 17.8 Å². The topological polar surface area (TPSA) is 62.7 Å². The van der Waals surface area contributed by atoms with E-state index in [9.17, 15) is 0 Å². The van der Waals surface area contributed by atoms with Gasteiger partial charge in [-0.1, -0.05) is 91.0 Å². The molecule has 184 valence electrons. The van der Waals surface area contributed by atoms with Crippen LogP contribution in [-0.2, 0) is 0 Å². The summed E-state index contributed by atoms with van der Waals surface area (Å²) in [4.78, 5) is 6.20. The molecule has 0 bridgehead atoms. The molecule has 4 aromatic carbocycles. The summed E-state index contributed by atoms with van der Waals surface area (Å²) in [5.41, 5.74) is 14.1. The van der Waals surface area contributed by atoms with Gasteiger partial charge in [0.2, 0.25) is 0 Å². The number of nitrogens with two attached hydrogens (primary N) is 1.